The second-order valence-corrected chi connectivity index (χ2v) is 5.54. The molecule has 0 amide bonds. The van der Waals surface area contributed by atoms with Gasteiger partial charge in [0.15, 0.2) is 10.1 Å². The first-order chi connectivity index (χ1) is 7.59. The molecule has 2 heterocycles. The first kappa shape index (κ1) is 10.3. The monoisotopic (exact) mass is 254 g/mol. The minimum absolute atomic E-state index is 0.150. The molecule has 2 unspecified atom stereocenters. The third kappa shape index (κ3) is 1.33. The highest BCUT2D eigenvalue weighted by Gasteiger charge is 2.45. The van der Waals surface area contributed by atoms with Gasteiger partial charge in [0.05, 0.1) is 5.69 Å². The number of imidazole rings is 1. The highest BCUT2D eigenvalue weighted by Crippen LogP contribution is 2.50. The molecule has 0 aromatic carbocycles. The summed E-state index contributed by atoms with van der Waals surface area (Å²) in [7, 11) is 0. The molecule has 2 aromatic rings. The molecular weight excluding hydrogens is 244 g/mol. The van der Waals surface area contributed by atoms with Gasteiger partial charge in [0, 0.05) is 22.9 Å². The fraction of sp³-hybridized carbons (Fsp3) is 0.455. The van der Waals surface area contributed by atoms with Crippen LogP contribution in [0.1, 0.15) is 30.7 Å². The van der Waals surface area contributed by atoms with Crippen LogP contribution in [-0.2, 0) is 4.79 Å². The second kappa shape index (κ2) is 3.31. The predicted molar refractivity (Wildman–Crippen MR) is 64.3 cm³/mol. The number of hydrogen-bond acceptors (Lipinski definition) is 3. The number of ketones is 1. The summed E-state index contributed by atoms with van der Waals surface area (Å²) in [6, 6.07) is 0. The number of halogens is 1. The molecule has 1 fully saturated rings. The first-order valence-corrected chi connectivity index (χ1v) is 6.47. The normalized spacial score (nSPS) is 23.9. The molecule has 2 atom stereocenters. The Morgan fingerprint density at radius 2 is 2.44 bits per heavy atom. The fourth-order valence-electron chi connectivity index (χ4n) is 2.26. The maximum atomic E-state index is 11.3. The quantitative estimate of drug-likeness (QED) is 0.826. The molecule has 3 rings (SSSR count). The number of thiazole rings is 1. The van der Waals surface area contributed by atoms with Crippen molar-refractivity contribution in [3.05, 3.63) is 21.9 Å². The van der Waals surface area contributed by atoms with E-state index in [9.17, 15) is 4.79 Å². The van der Waals surface area contributed by atoms with Crippen molar-refractivity contribution in [2.45, 2.75) is 26.2 Å². The van der Waals surface area contributed by atoms with E-state index in [1.165, 1.54) is 0 Å². The topological polar surface area (TPSA) is 34.4 Å². The number of aromatic nitrogens is 2. The molecule has 3 nitrogen and oxygen atoms in total. The third-order valence-corrected chi connectivity index (χ3v) is 4.41. The second-order valence-electron chi connectivity index (χ2n) is 4.34. The molecule has 84 valence electrons. The highest BCUT2D eigenvalue weighted by atomic mass is 35.5. The van der Waals surface area contributed by atoms with E-state index in [-0.39, 0.29) is 17.6 Å². The van der Waals surface area contributed by atoms with Gasteiger partial charge in [-0.3, -0.25) is 9.20 Å². The lowest BCUT2D eigenvalue weighted by Crippen LogP contribution is -1.98. The van der Waals surface area contributed by atoms with E-state index in [0.29, 0.717) is 5.15 Å². The van der Waals surface area contributed by atoms with Gasteiger partial charge in [0.25, 0.3) is 0 Å². The van der Waals surface area contributed by atoms with Gasteiger partial charge >= 0.3 is 0 Å². The molecule has 0 bridgehead atoms. The van der Waals surface area contributed by atoms with Crippen molar-refractivity contribution in [1.29, 1.82) is 0 Å². The van der Waals surface area contributed by atoms with Crippen molar-refractivity contribution in [3.8, 4) is 0 Å². The minimum Gasteiger partial charge on any atom is -0.300 e. The average Bonchev–Trinajstić information content (AvgIpc) is 2.83. The van der Waals surface area contributed by atoms with Crippen molar-refractivity contribution >= 4 is 33.7 Å². The van der Waals surface area contributed by atoms with Crippen LogP contribution in [0, 0.1) is 12.8 Å². The Hall–Kier alpha value is -0.870. The van der Waals surface area contributed by atoms with Gasteiger partial charge in [-0.1, -0.05) is 11.6 Å². The van der Waals surface area contributed by atoms with Crippen LogP contribution in [-0.4, -0.2) is 15.2 Å². The van der Waals surface area contributed by atoms with Crippen LogP contribution >= 0.6 is 22.9 Å². The van der Waals surface area contributed by atoms with Crippen molar-refractivity contribution in [2.24, 2.45) is 5.92 Å². The van der Waals surface area contributed by atoms with Crippen LogP contribution in [0.2, 0.25) is 5.15 Å². The molecule has 16 heavy (non-hydrogen) atoms. The molecular formula is C11H11ClN2OS. The van der Waals surface area contributed by atoms with Crippen molar-refractivity contribution in [2.75, 3.05) is 0 Å². The molecule has 5 heteroatoms. The van der Waals surface area contributed by atoms with Crippen molar-refractivity contribution in [3.63, 3.8) is 0 Å². The number of hydrogen-bond donors (Lipinski definition) is 0. The summed E-state index contributed by atoms with van der Waals surface area (Å²) < 4.78 is 2.08. The Morgan fingerprint density at radius 3 is 3.06 bits per heavy atom. The third-order valence-electron chi connectivity index (χ3n) is 3.19. The molecule has 1 saturated carbocycles. The largest absolute Gasteiger partial charge is 0.300 e. The van der Waals surface area contributed by atoms with E-state index >= 15 is 0 Å². The van der Waals surface area contributed by atoms with E-state index in [2.05, 4.69) is 14.8 Å². The van der Waals surface area contributed by atoms with E-state index in [1.807, 2.05) is 6.92 Å². The number of fused-ring (bicyclic) bond motifs is 1. The number of Topliss-reactive ketones (excluding diaryl/α,β-unsaturated/α-hetero) is 1. The Kier molecular flexibility index (Phi) is 2.13. The minimum atomic E-state index is 0.150. The summed E-state index contributed by atoms with van der Waals surface area (Å²) in [5.74, 6) is 0.675. The van der Waals surface area contributed by atoms with Crippen LogP contribution in [0.3, 0.4) is 0 Å². The van der Waals surface area contributed by atoms with Gasteiger partial charge in [0.1, 0.15) is 5.78 Å². The standard InChI is InChI=1S/C11H11ClN2OS/c1-5-4-16-11-13-10(12)9(14(5)11)8-3-7(8)6(2)15/h4,7-8H,3H2,1-2H3. The smallest absolute Gasteiger partial charge is 0.195 e. The van der Waals surface area contributed by atoms with Gasteiger partial charge < -0.3 is 0 Å². The van der Waals surface area contributed by atoms with Crippen LogP contribution in [0.15, 0.2) is 5.38 Å². The molecule has 1 aliphatic carbocycles. The molecule has 0 N–H and O–H groups in total. The molecule has 2 aromatic heterocycles. The summed E-state index contributed by atoms with van der Waals surface area (Å²) in [5, 5.41) is 2.62. The van der Waals surface area contributed by atoms with Crippen LogP contribution in [0.4, 0.5) is 0 Å². The zero-order chi connectivity index (χ0) is 11.4. The molecule has 1 aliphatic rings. The molecule has 0 radical (unpaired) electrons. The summed E-state index contributed by atoms with van der Waals surface area (Å²) in [6.45, 7) is 3.69. The highest BCUT2D eigenvalue weighted by molar-refractivity contribution is 7.15. The number of nitrogens with zero attached hydrogens (tertiary/aromatic N) is 2. The zero-order valence-corrected chi connectivity index (χ0v) is 10.6. The maximum absolute atomic E-state index is 11.3. The van der Waals surface area contributed by atoms with Gasteiger partial charge in [-0.2, -0.15) is 0 Å². The Bertz CT molecular complexity index is 586. The van der Waals surface area contributed by atoms with Crippen molar-refractivity contribution < 1.29 is 4.79 Å². The zero-order valence-electron chi connectivity index (χ0n) is 9.03. The molecule has 0 saturated heterocycles. The van der Waals surface area contributed by atoms with Gasteiger partial charge in [0.2, 0.25) is 0 Å². The number of aryl methyl sites for hydroxylation is 1. The van der Waals surface area contributed by atoms with Crippen LogP contribution in [0.25, 0.3) is 4.96 Å². The Balaban J connectivity index is 2.13. The lowest BCUT2D eigenvalue weighted by molar-refractivity contribution is -0.118. The summed E-state index contributed by atoms with van der Waals surface area (Å²) in [6.07, 6.45) is 0.915. The molecule has 0 aliphatic heterocycles. The Morgan fingerprint density at radius 1 is 1.69 bits per heavy atom. The lowest BCUT2D eigenvalue weighted by Gasteiger charge is -1.99. The van der Waals surface area contributed by atoms with E-state index in [1.54, 1.807) is 18.3 Å². The summed E-state index contributed by atoms with van der Waals surface area (Å²) in [4.78, 5) is 16.6. The molecule has 0 spiro atoms. The first-order valence-electron chi connectivity index (χ1n) is 5.22. The lowest BCUT2D eigenvalue weighted by atomic mass is 10.2. The summed E-state index contributed by atoms with van der Waals surface area (Å²) in [5.41, 5.74) is 2.17. The van der Waals surface area contributed by atoms with E-state index < -0.39 is 0 Å². The van der Waals surface area contributed by atoms with Crippen molar-refractivity contribution in [1.82, 2.24) is 9.38 Å². The van der Waals surface area contributed by atoms with Gasteiger partial charge in [-0.15, -0.1) is 11.3 Å². The number of carbonyl (C=O) groups is 1. The Labute approximate surface area is 102 Å². The predicted octanol–water partition coefficient (Wildman–Crippen LogP) is 3.05. The number of rotatable bonds is 2. The maximum Gasteiger partial charge on any atom is 0.195 e. The van der Waals surface area contributed by atoms with Crippen LogP contribution < -0.4 is 0 Å². The fourth-order valence-corrected chi connectivity index (χ4v) is 3.49. The SMILES string of the molecule is CC(=O)C1CC1c1c(Cl)nc2scc(C)n12. The van der Waals surface area contributed by atoms with Gasteiger partial charge in [-0.25, -0.2) is 4.98 Å². The number of carbonyl (C=O) groups excluding carboxylic acids is 1. The van der Waals surface area contributed by atoms with Crippen LogP contribution in [0.5, 0.6) is 0 Å². The average molecular weight is 255 g/mol. The van der Waals surface area contributed by atoms with Gasteiger partial charge in [-0.05, 0) is 20.3 Å². The van der Waals surface area contributed by atoms with E-state index in [0.717, 1.165) is 22.8 Å². The van der Waals surface area contributed by atoms with E-state index in [4.69, 9.17) is 11.6 Å². The summed E-state index contributed by atoms with van der Waals surface area (Å²) >= 11 is 7.74.